The minimum absolute atomic E-state index is 0.0478. The number of halogens is 1. The minimum Gasteiger partial charge on any atom is -0.495 e. The number of aromatic nitrogens is 2. The van der Waals surface area contributed by atoms with Crippen LogP contribution in [0.2, 0.25) is 5.02 Å². The molecule has 1 heterocycles. The molecule has 1 N–H and O–H groups in total. The van der Waals surface area contributed by atoms with Crippen LogP contribution < -0.4 is 9.46 Å². The minimum atomic E-state index is -3.83. The van der Waals surface area contributed by atoms with E-state index in [0.29, 0.717) is 9.36 Å². The molecule has 0 spiro atoms. The molecule has 20 heavy (non-hydrogen) atoms. The Morgan fingerprint density at radius 2 is 2.15 bits per heavy atom. The Labute approximate surface area is 129 Å². The zero-order valence-electron chi connectivity index (χ0n) is 10.5. The van der Waals surface area contributed by atoms with Crippen LogP contribution in [0.4, 0.5) is 5.13 Å². The first kappa shape index (κ1) is 15.4. The number of rotatable bonds is 5. The molecule has 10 heteroatoms. The first-order valence-corrected chi connectivity index (χ1v) is 9.10. The summed E-state index contributed by atoms with van der Waals surface area (Å²) in [5.41, 5.74) is 0. The van der Waals surface area contributed by atoms with Crippen molar-refractivity contribution < 1.29 is 13.2 Å². The fraction of sp³-hybridized carbons (Fsp3) is 0.200. The molecule has 0 aliphatic heterocycles. The lowest BCUT2D eigenvalue weighted by molar-refractivity contribution is 0.403. The Bertz CT molecular complexity index is 718. The molecule has 0 unspecified atom stereocenters. The van der Waals surface area contributed by atoms with Gasteiger partial charge in [-0.2, -0.15) is 0 Å². The molecule has 2 aromatic rings. The van der Waals surface area contributed by atoms with Crippen molar-refractivity contribution in [2.45, 2.75) is 9.24 Å². The maximum absolute atomic E-state index is 12.3. The van der Waals surface area contributed by atoms with E-state index in [2.05, 4.69) is 14.9 Å². The van der Waals surface area contributed by atoms with Gasteiger partial charge in [0, 0.05) is 5.02 Å². The molecular weight excluding hydrogens is 342 g/mol. The number of benzene rings is 1. The highest BCUT2D eigenvalue weighted by molar-refractivity contribution is 8.00. The lowest BCUT2D eigenvalue weighted by Crippen LogP contribution is -2.14. The van der Waals surface area contributed by atoms with Crippen molar-refractivity contribution >= 4 is 49.9 Å². The summed E-state index contributed by atoms with van der Waals surface area (Å²) in [6.45, 7) is 0. The van der Waals surface area contributed by atoms with E-state index in [4.69, 9.17) is 16.3 Å². The number of thioether (sulfide) groups is 1. The fourth-order valence-corrected chi connectivity index (χ4v) is 4.20. The van der Waals surface area contributed by atoms with Gasteiger partial charge in [-0.1, -0.05) is 34.7 Å². The van der Waals surface area contributed by atoms with Crippen LogP contribution >= 0.6 is 34.7 Å². The molecule has 0 saturated carbocycles. The molecule has 1 aromatic carbocycles. The summed E-state index contributed by atoms with van der Waals surface area (Å²) in [6, 6.07) is 4.36. The number of ether oxygens (including phenoxy) is 1. The van der Waals surface area contributed by atoms with Crippen molar-refractivity contribution in [3.63, 3.8) is 0 Å². The average molecular weight is 352 g/mol. The van der Waals surface area contributed by atoms with Crippen LogP contribution in [0.3, 0.4) is 0 Å². The molecule has 0 fully saturated rings. The Balaban J connectivity index is 2.37. The Hall–Kier alpha value is -1.03. The Morgan fingerprint density at radius 1 is 1.40 bits per heavy atom. The third-order valence-electron chi connectivity index (χ3n) is 2.22. The molecular formula is C10H10ClN3O3S3. The number of hydrogen-bond donors (Lipinski definition) is 1. The van der Waals surface area contributed by atoms with Crippen LogP contribution in [-0.4, -0.2) is 32.0 Å². The molecule has 0 radical (unpaired) electrons. The highest BCUT2D eigenvalue weighted by Crippen LogP contribution is 2.30. The van der Waals surface area contributed by atoms with Crippen LogP contribution in [0.5, 0.6) is 5.75 Å². The van der Waals surface area contributed by atoms with Crippen molar-refractivity contribution in [2.24, 2.45) is 0 Å². The lowest BCUT2D eigenvalue weighted by Gasteiger charge is -2.09. The fourth-order valence-electron chi connectivity index (χ4n) is 1.36. The van der Waals surface area contributed by atoms with Gasteiger partial charge in [0.15, 0.2) is 4.34 Å². The lowest BCUT2D eigenvalue weighted by atomic mass is 10.3. The predicted molar refractivity (Wildman–Crippen MR) is 80.5 cm³/mol. The second-order valence-corrected chi connectivity index (χ2v) is 7.60. The zero-order valence-corrected chi connectivity index (χ0v) is 13.7. The van der Waals surface area contributed by atoms with Crippen molar-refractivity contribution in [2.75, 3.05) is 18.1 Å². The van der Waals surface area contributed by atoms with Crippen LogP contribution in [0, 0.1) is 0 Å². The van der Waals surface area contributed by atoms with Crippen LogP contribution in [-0.2, 0) is 10.0 Å². The highest BCUT2D eigenvalue weighted by Gasteiger charge is 2.21. The first-order chi connectivity index (χ1) is 9.46. The van der Waals surface area contributed by atoms with Crippen molar-refractivity contribution in [3.8, 4) is 5.75 Å². The SMILES string of the molecule is COc1ccc(Cl)cc1S(=O)(=O)Nc1nnc(SC)s1. The number of hydrogen-bond acceptors (Lipinski definition) is 7. The number of sulfonamides is 1. The van der Waals surface area contributed by atoms with Crippen molar-refractivity contribution in [1.82, 2.24) is 10.2 Å². The smallest absolute Gasteiger partial charge is 0.267 e. The zero-order chi connectivity index (χ0) is 14.8. The van der Waals surface area contributed by atoms with Crippen LogP contribution in [0.1, 0.15) is 0 Å². The van der Waals surface area contributed by atoms with Gasteiger partial charge in [0.05, 0.1) is 7.11 Å². The van der Waals surface area contributed by atoms with Gasteiger partial charge in [0.2, 0.25) is 5.13 Å². The maximum atomic E-state index is 12.3. The van der Waals surface area contributed by atoms with Gasteiger partial charge in [-0.3, -0.25) is 4.72 Å². The van der Waals surface area contributed by atoms with Gasteiger partial charge in [-0.25, -0.2) is 8.42 Å². The van der Waals surface area contributed by atoms with Gasteiger partial charge in [-0.05, 0) is 24.5 Å². The molecule has 6 nitrogen and oxygen atoms in total. The monoisotopic (exact) mass is 351 g/mol. The molecule has 0 aliphatic rings. The van der Waals surface area contributed by atoms with E-state index < -0.39 is 10.0 Å². The summed E-state index contributed by atoms with van der Waals surface area (Å²) >= 11 is 8.37. The van der Waals surface area contributed by atoms with E-state index in [-0.39, 0.29) is 15.8 Å². The summed E-state index contributed by atoms with van der Waals surface area (Å²) in [7, 11) is -2.45. The molecule has 1 aromatic heterocycles. The summed E-state index contributed by atoms with van der Waals surface area (Å²) in [5.74, 6) is 0.205. The molecule has 108 valence electrons. The number of nitrogens with one attached hydrogen (secondary N) is 1. The van der Waals surface area contributed by atoms with E-state index in [9.17, 15) is 8.42 Å². The van der Waals surface area contributed by atoms with Crippen LogP contribution in [0.15, 0.2) is 27.4 Å². The van der Waals surface area contributed by atoms with Crippen molar-refractivity contribution in [3.05, 3.63) is 23.2 Å². The third-order valence-corrected chi connectivity index (χ3v) is 5.76. The van der Waals surface area contributed by atoms with Gasteiger partial charge >= 0.3 is 0 Å². The number of anilines is 1. The van der Waals surface area contributed by atoms with Gasteiger partial charge < -0.3 is 4.74 Å². The second kappa shape index (κ2) is 6.17. The molecule has 0 saturated heterocycles. The highest BCUT2D eigenvalue weighted by atomic mass is 35.5. The number of nitrogens with zero attached hydrogens (tertiary/aromatic N) is 2. The Kier molecular flexibility index (Phi) is 4.74. The van der Waals surface area contributed by atoms with Crippen molar-refractivity contribution in [1.29, 1.82) is 0 Å². The van der Waals surface area contributed by atoms with E-state index in [0.717, 1.165) is 11.3 Å². The van der Waals surface area contributed by atoms with E-state index >= 15 is 0 Å². The third kappa shape index (κ3) is 3.35. The molecule has 0 amide bonds. The largest absolute Gasteiger partial charge is 0.495 e. The van der Waals surface area contributed by atoms with E-state index in [1.165, 1.54) is 31.0 Å². The predicted octanol–water partition coefficient (Wildman–Crippen LogP) is 2.72. The molecule has 2 rings (SSSR count). The molecule has 0 aliphatic carbocycles. The van der Waals surface area contributed by atoms with E-state index in [1.807, 2.05) is 6.26 Å². The molecule has 0 atom stereocenters. The first-order valence-electron chi connectivity index (χ1n) is 5.20. The van der Waals surface area contributed by atoms with Gasteiger partial charge in [-0.15, -0.1) is 10.2 Å². The second-order valence-electron chi connectivity index (χ2n) is 3.48. The quantitative estimate of drug-likeness (QED) is 0.834. The van der Waals surface area contributed by atoms with Crippen LogP contribution in [0.25, 0.3) is 0 Å². The van der Waals surface area contributed by atoms with E-state index in [1.54, 1.807) is 6.07 Å². The molecule has 0 bridgehead atoms. The Morgan fingerprint density at radius 3 is 2.75 bits per heavy atom. The maximum Gasteiger partial charge on any atom is 0.267 e. The number of methoxy groups -OCH3 is 1. The normalized spacial score (nSPS) is 11.3. The van der Waals surface area contributed by atoms with Gasteiger partial charge in [0.1, 0.15) is 10.6 Å². The van der Waals surface area contributed by atoms with Gasteiger partial charge in [0.25, 0.3) is 10.0 Å². The summed E-state index contributed by atoms with van der Waals surface area (Å²) in [5, 5.41) is 8.07. The average Bonchev–Trinajstić information content (AvgIpc) is 2.85. The standard InChI is InChI=1S/C10H10ClN3O3S3/c1-17-7-4-3-6(11)5-8(7)20(15,16)14-9-12-13-10(18-2)19-9/h3-5H,1-2H3,(H,12,14). The summed E-state index contributed by atoms with van der Waals surface area (Å²) < 4.78 is 32.7. The topological polar surface area (TPSA) is 81.2 Å². The summed E-state index contributed by atoms with van der Waals surface area (Å²) in [6.07, 6.45) is 1.83. The summed E-state index contributed by atoms with van der Waals surface area (Å²) in [4.78, 5) is -0.0478.